The Balaban J connectivity index is 0.00000338. The third-order valence-corrected chi connectivity index (χ3v) is 5.58. The molecular weight excluding hydrogens is 378 g/mol. The first-order valence-corrected chi connectivity index (χ1v) is 9.84. The van der Waals surface area contributed by atoms with E-state index < -0.39 is 21.5 Å². The van der Waals surface area contributed by atoms with E-state index in [0.717, 1.165) is 11.1 Å². The molecule has 1 heterocycles. The van der Waals surface area contributed by atoms with E-state index in [1.807, 2.05) is 20.8 Å². The fourth-order valence-corrected chi connectivity index (χ4v) is 4.06. The second kappa shape index (κ2) is 9.14. The predicted octanol–water partition coefficient (Wildman–Crippen LogP) is 1.30. The summed E-state index contributed by atoms with van der Waals surface area (Å²) in [4.78, 5) is 12.3. The molecule has 0 saturated heterocycles. The van der Waals surface area contributed by atoms with E-state index >= 15 is 0 Å². The summed E-state index contributed by atoms with van der Waals surface area (Å²) in [6.45, 7) is 6.81. The van der Waals surface area contributed by atoms with Crippen LogP contribution < -0.4 is 15.8 Å². The highest BCUT2D eigenvalue weighted by atomic mass is 35.5. The molecule has 1 aliphatic rings. The summed E-state index contributed by atoms with van der Waals surface area (Å²) in [5, 5.41) is 2.83. The first kappa shape index (κ1) is 22.9. The SMILES string of the molecule is CC(C)CC(C)(CN)NC(=O)CNS(=O)(=O)c1ccc2c(c1)COC2.Cl. The van der Waals surface area contributed by atoms with Crippen molar-refractivity contribution in [2.24, 2.45) is 11.7 Å². The highest BCUT2D eigenvalue weighted by Crippen LogP contribution is 2.23. The minimum Gasteiger partial charge on any atom is -0.372 e. The van der Waals surface area contributed by atoms with E-state index in [1.54, 1.807) is 12.1 Å². The van der Waals surface area contributed by atoms with Gasteiger partial charge in [-0.3, -0.25) is 4.79 Å². The lowest BCUT2D eigenvalue weighted by Crippen LogP contribution is -2.54. The largest absolute Gasteiger partial charge is 0.372 e. The van der Waals surface area contributed by atoms with Crippen LogP contribution in [0.2, 0.25) is 0 Å². The van der Waals surface area contributed by atoms with Crippen molar-refractivity contribution in [2.45, 2.75) is 50.8 Å². The molecule has 1 aromatic rings. The second-order valence-corrected chi connectivity index (χ2v) is 8.93. The zero-order valence-corrected chi connectivity index (χ0v) is 17.0. The lowest BCUT2D eigenvalue weighted by atomic mass is 9.91. The number of ether oxygens (including phenoxy) is 1. The monoisotopic (exact) mass is 405 g/mol. The number of hydrogen-bond donors (Lipinski definition) is 3. The van der Waals surface area contributed by atoms with Gasteiger partial charge in [0.2, 0.25) is 15.9 Å². The molecule has 0 aliphatic carbocycles. The number of carbonyl (C=O) groups is 1. The summed E-state index contributed by atoms with van der Waals surface area (Å²) in [7, 11) is -3.76. The number of benzene rings is 1. The molecular formula is C17H28ClN3O4S. The Morgan fingerprint density at radius 1 is 1.31 bits per heavy atom. The van der Waals surface area contributed by atoms with Gasteiger partial charge < -0.3 is 15.8 Å². The van der Waals surface area contributed by atoms with Crippen LogP contribution in [0.3, 0.4) is 0 Å². The van der Waals surface area contributed by atoms with E-state index in [-0.39, 0.29) is 30.4 Å². The smallest absolute Gasteiger partial charge is 0.241 e. The van der Waals surface area contributed by atoms with Gasteiger partial charge in [-0.25, -0.2) is 13.1 Å². The number of nitrogens with two attached hydrogens (primary N) is 1. The minimum atomic E-state index is -3.76. The Hall–Kier alpha value is -1.19. The molecule has 1 amide bonds. The minimum absolute atomic E-state index is 0. The van der Waals surface area contributed by atoms with Crippen LogP contribution in [0.5, 0.6) is 0 Å². The van der Waals surface area contributed by atoms with Gasteiger partial charge in [0, 0.05) is 12.1 Å². The number of amides is 1. The fourth-order valence-electron chi connectivity index (χ4n) is 3.03. The van der Waals surface area contributed by atoms with Gasteiger partial charge in [-0.05, 0) is 42.5 Å². The zero-order valence-electron chi connectivity index (χ0n) is 15.4. The predicted molar refractivity (Wildman–Crippen MR) is 102 cm³/mol. The van der Waals surface area contributed by atoms with E-state index in [4.69, 9.17) is 10.5 Å². The number of hydrogen-bond acceptors (Lipinski definition) is 5. The molecule has 148 valence electrons. The van der Waals surface area contributed by atoms with Crippen LogP contribution in [0, 0.1) is 5.92 Å². The highest BCUT2D eigenvalue weighted by molar-refractivity contribution is 7.89. The van der Waals surface area contributed by atoms with E-state index in [9.17, 15) is 13.2 Å². The van der Waals surface area contributed by atoms with Crippen LogP contribution in [0.1, 0.15) is 38.3 Å². The molecule has 2 rings (SSSR count). The molecule has 1 unspecified atom stereocenters. The lowest BCUT2D eigenvalue weighted by Gasteiger charge is -2.31. The Bertz CT molecular complexity index is 740. The van der Waals surface area contributed by atoms with Crippen LogP contribution in [-0.4, -0.2) is 33.0 Å². The third kappa shape index (κ3) is 5.92. The van der Waals surface area contributed by atoms with Crippen LogP contribution in [-0.2, 0) is 32.8 Å². The summed E-state index contributed by atoms with van der Waals surface area (Å²) in [6, 6.07) is 4.85. The fraction of sp³-hybridized carbons (Fsp3) is 0.588. The summed E-state index contributed by atoms with van der Waals surface area (Å²) in [5.41, 5.74) is 7.06. The van der Waals surface area contributed by atoms with Crippen molar-refractivity contribution in [3.63, 3.8) is 0 Å². The maximum atomic E-state index is 12.4. The van der Waals surface area contributed by atoms with Gasteiger partial charge >= 0.3 is 0 Å². The topological polar surface area (TPSA) is 111 Å². The summed E-state index contributed by atoms with van der Waals surface area (Å²) in [5.74, 6) is -0.0409. The summed E-state index contributed by atoms with van der Waals surface area (Å²) < 4.78 is 32.4. The van der Waals surface area contributed by atoms with Crippen molar-refractivity contribution < 1.29 is 17.9 Å². The van der Waals surface area contributed by atoms with Crippen molar-refractivity contribution in [3.8, 4) is 0 Å². The molecule has 26 heavy (non-hydrogen) atoms. The van der Waals surface area contributed by atoms with Crippen LogP contribution in [0.25, 0.3) is 0 Å². The number of halogens is 1. The second-order valence-electron chi connectivity index (χ2n) is 7.16. The maximum absolute atomic E-state index is 12.4. The van der Waals surface area contributed by atoms with Gasteiger partial charge in [-0.1, -0.05) is 19.9 Å². The van der Waals surface area contributed by atoms with E-state index in [2.05, 4.69) is 10.0 Å². The average molecular weight is 406 g/mol. The molecule has 0 bridgehead atoms. The van der Waals surface area contributed by atoms with Crippen molar-refractivity contribution in [3.05, 3.63) is 29.3 Å². The number of nitrogens with one attached hydrogen (secondary N) is 2. The number of fused-ring (bicyclic) bond motifs is 1. The molecule has 0 spiro atoms. The quantitative estimate of drug-likeness (QED) is 0.603. The normalized spacial score (nSPS) is 15.9. The molecule has 9 heteroatoms. The maximum Gasteiger partial charge on any atom is 0.241 e. The van der Waals surface area contributed by atoms with E-state index in [1.165, 1.54) is 6.07 Å². The van der Waals surface area contributed by atoms with Crippen molar-refractivity contribution in [1.82, 2.24) is 10.0 Å². The Morgan fingerprint density at radius 3 is 2.58 bits per heavy atom. The van der Waals surface area contributed by atoms with Gasteiger partial charge in [0.15, 0.2) is 0 Å². The lowest BCUT2D eigenvalue weighted by molar-refractivity contribution is -0.121. The number of rotatable bonds is 8. The number of carbonyl (C=O) groups excluding carboxylic acids is 1. The van der Waals surface area contributed by atoms with Crippen molar-refractivity contribution in [1.29, 1.82) is 0 Å². The van der Waals surface area contributed by atoms with Gasteiger partial charge in [-0.15, -0.1) is 12.4 Å². The molecule has 1 aromatic carbocycles. The van der Waals surface area contributed by atoms with Crippen molar-refractivity contribution >= 4 is 28.3 Å². The molecule has 0 aromatic heterocycles. The summed E-state index contributed by atoms with van der Waals surface area (Å²) >= 11 is 0. The summed E-state index contributed by atoms with van der Waals surface area (Å²) in [6.07, 6.45) is 0.715. The highest BCUT2D eigenvalue weighted by Gasteiger charge is 2.26. The number of sulfonamides is 1. The first-order valence-electron chi connectivity index (χ1n) is 8.35. The van der Waals surface area contributed by atoms with Crippen LogP contribution >= 0.6 is 12.4 Å². The third-order valence-electron chi connectivity index (χ3n) is 4.18. The molecule has 7 nitrogen and oxygen atoms in total. The Morgan fingerprint density at radius 2 is 1.96 bits per heavy atom. The zero-order chi connectivity index (χ0) is 18.7. The molecule has 0 saturated carbocycles. The Labute approximate surface area is 161 Å². The van der Waals surface area contributed by atoms with Gasteiger partial charge in [-0.2, -0.15) is 0 Å². The molecule has 4 N–H and O–H groups in total. The van der Waals surface area contributed by atoms with Gasteiger partial charge in [0.05, 0.1) is 24.7 Å². The molecule has 1 atom stereocenters. The Kier molecular flexibility index (Phi) is 8.04. The van der Waals surface area contributed by atoms with Gasteiger partial charge in [0.25, 0.3) is 0 Å². The first-order chi connectivity index (χ1) is 11.6. The van der Waals surface area contributed by atoms with E-state index in [0.29, 0.717) is 25.6 Å². The molecule has 0 radical (unpaired) electrons. The standard InChI is InChI=1S/C17H27N3O4S.ClH/c1-12(2)7-17(3,11-18)20-16(21)8-19-25(22,23)15-5-4-13-9-24-10-14(13)6-15;/h4-6,12,19H,7-11,18H2,1-3H3,(H,20,21);1H. The van der Waals surface area contributed by atoms with Crippen LogP contribution in [0.4, 0.5) is 0 Å². The molecule has 0 fully saturated rings. The van der Waals surface area contributed by atoms with Crippen LogP contribution in [0.15, 0.2) is 23.1 Å². The van der Waals surface area contributed by atoms with Gasteiger partial charge in [0.1, 0.15) is 0 Å². The van der Waals surface area contributed by atoms with Crippen molar-refractivity contribution in [2.75, 3.05) is 13.1 Å². The average Bonchev–Trinajstić information content (AvgIpc) is 3.00. The molecule has 1 aliphatic heterocycles.